The topological polar surface area (TPSA) is 217 Å². The SMILES string of the molecule is CCC1(CC)Cc2ccccc2-c2sc(NC(=O)CCCC3(C)Cc4ccccc4-c4sc(NC(=O)CC5Cc6c(sc(NC(C)=O)c6C(N)=O)-c6cc(F)ccc65)c(C(N)=O)c43)c(C(N)=O)c21. The summed E-state index contributed by atoms with van der Waals surface area (Å²) in [5.41, 5.74) is 25.4. The Balaban J connectivity index is 0.983. The molecular weight excluding hydrogens is 920 g/mol. The maximum atomic E-state index is 14.8. The van der Waals surface area contributed by atoms with Crippen LogP contribution in [0, 0.1) is 5.82 Å². The lowest BCUT2D eigenvalue weighted by molar-refractivity contribution is -0.117. The number of nitrogens with one attached hydrogen (secondary N) is 3. The molecule has 0 saturated heterocycles. The Kier molecular flexibility index (Phi) is 12.2. The second kappa shape index (κ2) is 17.9. The minimum Gasteiger partial charge on any atom is -0.365 e. The van der Waals surface area contributed by atoms with Gasteiger partial charge in [0.05, 0.1) is 16.7 Å². The summed E-state index contributed by atoms with van der Waals surface area (Å²) in [5, 5.41) is 9.77. The van der Waals surface area contributed by atoms with Crippen LogP contribution in [0.4, 0.5) is 19.4 Å². The van der Waals surface area contributed by atoms with Gasteiger partial charge in [-0.05, 0) is 118 Å². The van der Waals surface area contributed by atoms with E-state index in [1.165, 1.54) is 47.3 Å². The van der Waals surface area contributed by atoms with Crippen molar-refractivity contribution in [2.45, 2.75) is 102 Å². The molecule has 3 aliphatic carbocycles. The van der Waals surface area contributed by atoms with Gasteiger partial charge in [0, 0.05) is 39.8 Å². The van der Waals surface area contributed by atoms with Gasteiger partial charge in [-0.1, -0.05) is 75.4 Å². The predicted octanol–water partition coefficient (Wildman–Crippen LogP) is 10.2. The number of halogens is 1. The Morgan fingerprint density at radius 1 is 0.676 bits per heavy atom. The molecule has 0 bridgehead atoms. The highest BCUT2D eigenvalue weighted by Gasteiger charge is 2.44. The van der Waals surface area contributed by atoms with Crippen molar-refractivity contribution >= 4 is 84.5 Å². The van der Waals surface area contributed by atoms with Crippen molar-refractivity contribution in [2.24, 2.45) is 17.2 Å². The quantitative estimate of drug-likeness (QED) is 0.0624. The van der Waals surface area contributed by atoms with Gasteiger partial charge in [0.25, 0.3) is 17.7 Å². The average molecular weight is 971 g/mol. The predicted molar refractivity (Wildman–Crippen MR) is 268 cm³/mol. The van der Waals surface area contributed by atoms with Crippen LogP contribution in [-0.4, -0.2) is 35.4 Å². The summed E-state index contributed by atoms with van der Waals surface area (Å²) >= 11 is 3.80. The first-order valence-corrected chi connectivity index (χ1v) is 25.2. The summed E-state index contributed by atoms with van der Waals surface area (Å²) in [5.74, 6) is -4.16. The van der Waals surface area contributed by atoms with Gasteiger partial charge in [-0.3, -0.25) is 28.8 Å². The molecule has 3 aromatic heterocycles. The summed E-state index contributed by atoms with van der Waals surface area (Å²) in [4.78, 5) is 82.3. The van der Waals surface area contributed by atoms with E-state index < -0.39 is 46.7 Å². The van der Waals surface area contributed by atoms with E-state index in [4.69, 9.17) is 17.2 Å². The van der Waals surface area contributed by atoms with E-state index in [1.807, 2.05) is 36.4 Å². The molecule has 9 rings (SSSR count). The molecule has 0 fully saturated rings. The molecule has 6 amide bonds. The number of fused-ring (bicyclic) bond motifs is 9. The number of amides is 6. The van der Waals surface area contributed by atoms with E-state index in [2.05, 4.69) is 48.9 Å². The van der Waals surface area contributed by atoms with Crippen LogP contribution < -0.4 is 33.2 Å². The summed E-state index contributed by atoms with van der Waals surface area (Å²) in [6.07, 6.45) is 4.07. The average Bonchev–Trinajstić information content (AvgIpc) is 3.98. The van der Waals surface area contributed by atoms with Crippen molar-refractivity contribution < 1.29 is 33.2 Å². The molecule has 12 nitrogen and oxygen atoms in total. The first-order chi connectivity index (χ1) is 32.5. The summed E-state index contributed by atoms with van der Waals surface area (Å²) in [7, 11) is 0. The molecule has 0 aliphatic heterocycles. The number of primary amides is 3. The van der Waals surface area contributed by atoms with Crippen LogP contribution in [0.1, 0.15) is 137 Å². The highest BCUT2D eigenvalue weighted by molar-refractivity contribution is 7.21. The number of anilines is 3. The van der Waals surface area contributed by atoms with Crippen molar-refractivity contribution in [3.05, 3.63) is 123 Å². The summed E-state index contributed by atoms with van der Waals surface area (Å²) < 4.78 is 14.8. The lowest BCUT2D eigenvalue weighted by atomic mass is 9.66. The fourth-order valence-electron chi connectivity index (χ4n) is 11.0. The number of hydrogen-bond acceptors (Lipinski definition) is 9. The zero-order chi connectivity index (χ0) is 48.4. The molecule has 2 unspecified atom stereocenters. The lowest BCUT2D eigenvalue weighted by Crippen LogP contribution is -2.33. The molecule has 2 atom stereocenters. The number of carbonyl (C=O) groups excluding carboxylic acids is 6. The van der Waals surface area contributed by atoms with Crippen molar-refractivity contribution in [1.82, 2.24) is 0 Å². The summed E-state index contributed by atoms with van der Waals surface area (Å²) in [6.45, 7) is 7.62. The van der Waals surface area contributed by atoms with Crippen LogP contribution in [0.5, 0.6) is 0 Å². The monoisotopic (exact) mass is 970 g/mol. The van der Waals surface area contributed by atoms with Crippen LogP contribution in [-0.2, 0) is 44.5 Å². The standard InChI is InChI=1S/C52H51FN6O6S3/c1-5-52(6-2)24-27-13-8-10-15-32(27)44-41(52)39(47(56)65)50(68-44)58-35(61)16-11-19-51(4)23-26-12-7-9-14-31(26)43-40(51)38(46(55)64)49(67-43)59-36(62)21-28-20-34-37(45(54)63)48(57-25(3)60)66-42(34)33-22-29(53)17-18-30(28)33/h7-10,12-15,17-18,22,28H,5-6,11,16,19-21,23-24H2,1-4H3,(H2,54,63)(H2,55,64)(H2,56,65)(H,57,60)(H,58,61)(H,59,62). The van der Waals surface area contributed by atoms with Crippen LogP contribution in [0.3, 0.4) is 0 Å². The molecule has 68 heavy (non-hydrogen) atoms. The number of carbonyl (C=O) groups is 6. The number of benzene rings is 3. The highest BCUT2D eigenvalue weighted by atomic mass is 32.1. The normalized spacial score (nSPS) is 17.0. The molecule has 16 heteroatoms. The maximum Gasteiger partial charge on any atom is 0.252 e. The second-order valence-corrected chi connectivity index (χ2v) is 21.5. The van der Waals surface area contributed by atoms with Crippen molar-refractivity contribution in [1.29, 1.82) is 0 Å². The van der Waals surface area contributed by atoms with Gasteiger partial charge in [-0.25, -0.2) is 4.39 Å². The van der Waals surface area contributed by atoms with Gasteiger partial charge in [0.1, 0.15) is 20.8 Å². The Morgan fingerprint density at radius 2 is 1.22 bits per heavy atom. The third-order valence-corrected chi connectivity index (χ3v) is 17.7. The molecule has 6 aromatic rings. The largest absolute Gasteiger partial charge is 0.365 e. The number of thiophene rings is 3. The van der Waals surface area contributed by atoms with E-state index in [0.29, 0.717) is 62.0 Å². The Bertz CT molecular complexity index is 3130. The number of hydrogen-bond donors (Lipinski definition) is 6. The maximum absolute atomic E-state index is 14.8. The van der Waals surface area contributed by atoms with E-state index in [1.54, 1.807) is 6.07 Å². The fraction of sp³-hybridized carbons (Fsp3) is 0.308. The van der Waals surface area contributed by atoms with Gasteiger partial charge < -0.3 is 33.2 Å². The van der Waals surface area contributed by atoms with Gasteiger partial charge >= 0.3 is 0 Å². The Labute approximate surface area is 404 Å². The minimum absolute atomic E-state index is 0.0968. The zero-order valence-electron chi connectivity index (χ0n) is 38.1. The van der Waals surface area contributed by atoms with Crippen molar-refractivity contribution in [3.63, 3.8) is 0 Å². The highest BCUT2D eigenvalue weighted by Crippen LogP contribution is 2.56. The smallest absolute Gasteiger partial charge is 0.252 e. The molecular formula is C52H51FN6O6S3. The molecule has 3 aliphatic rings. The molecule has 3 aromatic carbocycles. The third kappa shape index (κ3) is 8.01. The van der Waals surface area contributed by atoms with Crippen LogP contribution in [0.15, 0.2) is 66.7 Å². The zero-order valence-corrected chi connectivity index (χ0v) is 40.5. The second-order valence-electron chi connectivity index (χ2n) is 18.4. The first kappa shape index (κ1) is 46.6. The van der Waals surface area contributed by atoms with E-state index >= 15 is 0 Å². The van der Waals surface area contributed by atoms with Crippen LogP contribution >= 0.6 is 34.0 Å². The fourth-order valence-corrected chi connectivity index (χ4v) is 15.2. The van der Waals surface area contributed by atoms with E-state index in [9.17, 15) is 33.2 Å². The number of rotatable bonds is 14. The Morgan fingerprint density at radius 3 is 1.82 bits per heavy atom. The third-order valence-electron chi connectivity index (χ3n) is 14.2. The van der Waals surface area contributed by atoms with Gasteiger partial charge in [-0.2, -0.15) is 0 Å². The van der Waals surface area contributed by atoms with Gasteiger partial charge in [0.2, 0.25) is 17.7 Å². The van der Waals surface area contributed by atoms with Gasteiger partial charge in [0.15, 0.2) is 0 Å². The molecule has 0 spiro atoms. The van der Waals surface area contributed by atoms with Crippen molar-refractivity contribution in [3.8, 4) is 31.3 Å². The minimum atomic E-state index is -0.756. The first-order valence-electron chi connectivity index (χ1n) is 22.7. The van der Waals surface area contributed by atoms with E-state index in [-0.39, 0.29) is 46.7 Å². The molecule has 0 saturated carbocycles. The summed E-state index contributed by atoms with van der Waals surface area (Å²) in [6, 6.07) is 20.4. The molecule has 350 valence electrons. The van der Waals surface area contributed by atoms with Crippen LogP contribution in [0.25, 0.3) is 31.3 Å². The van der Waals surface area contributed by atoms with E-state index in [0.717, 1.165) is 62.6 Å². The van der Waals surface area contributed by atoms with Crippen LogP contribution in [0.2, 0.25) is 0 Å². The van der Waals surface area contributed by atoms with Crippen molar-refractivity contribution in [2.75, 3.05) is 16.0 Å². The lowest BCUT2D eigenvalue weighted by Gasteiger charge is -2.38. The van der Waals surface area contributed by atoms with Gasteiger partial charge in [-0.15, -0.1) is 34.0 Å². The Hall–Kier alpha value is -6.49. The number of nitrogens with two attached hydrogens (primary N) is 3. The molecule has 0 radical (unpaired) electrons. The molecule has 9 N–H and O–H groups in total. The molecule has 3 heterocycles.